The van der Waals surface area contributed by atoms with Crippen LogP contribution in [0.15, 0.2) is 18.5 Å². The van der Waals surface area contributed by atoms with E-state index in [0.717, 1.165) is 11.8 Å². The van der Waals surface area contributed by atoms with Crippen molar-refractivity contribution in [1.29, 1.82) is 0 Å². The number of nitrogens with zero attached hydrogens (tertiary/aromatic N) is 1. The van der Waals surface area contributed by atoms with Crippen LogP contribution < -0.4 is 4.74 Å². The highest BCUT2D eigenvalue weighted by molar-refractivity contribution is 5.94. The van der Waals surface area contributed by atoms with Gasteiger partial charge in [0.2, 0.25) is 0 Å². The Morgan fingerprint density at radius 1 is 1.62 bits per heavy atom. The van der Waals surface area contributed by atoms with Gasteiger partial charge in [-0.1, -0.05) is 0 Å². The largest absolute Gasteiger partial charge is 0.495 e. The summed E-state index contributed by atoms with van der Waals surface area (Å²) in [5, 5.41) is 0. The molecule has 0 amide bonds. The summed E-state index contributed by atoms with van der Waals surface area (Å²) in [6.07, 6.45) is 3.99. The summed E-state index contributed by atoms with van der Waals surface area (Å²) >= 11 is 0. The van der Waals surface area contributed by atoms with Gasteiger partial charge >= 0.3 is 0 Å². The molecule has 4 nitrogen and oxygen atoms in total. The fourth-order valence-corrected chi connectivity index (χ4v) is 1.21. The monoisotopic (exact) mass is 176 g/mol. The van der Waals surface area contributed by atoms with Crippen LogP contribution in [0.5, 0.6) is 5.75 Å². The van der Waals surface area contributed by atoms with Gasteiger partial charge in [-0.05, 0) is 0 Å². The van der Waals surface area contributed by atoms with Gasteiger partial charge in [0.1, 0.15) is 5.75 Å². The Kier molecular flexibility index (Phi) is 1.73. The number of hydrogen-bond donors (Lipinski definition) is 1. The molecular formula is C9H8N2O2. The lowest BCUT2D eigenvalue weighted by Gasteiger charge is -1.97. The Bertz CT molecular complexity index is 448. The second kappa shape index (κ2) is 2.90. The van der Waals surface area contributed by atoms with E-state index in [1.807, 2.05) is 0 Å². The number of aldehydes is 1. The lowest BCUT2D eigenvalue weighted by Crippen LogP contribution is -1.85. The Balaban J connectivity index is 2.67. The summed E-state index contributed by atoms with van der Waals surface area (Å²) in [4.78, 5) is 17.6. The first-order valence-corrected chi connectivity index (χ1v) is 3.81. The number of hydrogen-bond acceptors (Lipinski definition) is 3. The molecule has 0 aliphatic carbocycles. The second-order valence-electron chi connectivity index (χ2n) is 2.63. The van der Waals surface area contributed by atoms with Crippen LogP contribution in [0, 0.1) is 0 Å². The van der Waals surface area contributed by atoms with Crippen molar-refractivity contribution in [3.63, 3.8) is 0 Å². The molecule has 66 valence electrons. The summed E-state index contributed by atoms with van der Waals surface area (Å²) in [6.45, 7) is 0. The van der Waals surface area contributed by atoms with Crippen molar-refractivity contribution in [2.45, 2.75) is 0 Å². The maximum Gasteiger partial charge on any atom is 0.153 e. The highest BCUT2D eigenvalue weighted by Crippen LogP contribution is 2.18. The predicted molar refractivity (Wildman–Crippen MR) is 48.0 cm³/mol. The molecule has 2 rings (SSSR count). The van der Waals surface area contributed by atoms with Gasteiger partial charge in [0.25, 0.3) is 0 Å². The molecule has 13 heavy (non-hydrogen) atoms. The number of carbonyl (C=O) groups is 1. The average Bonchev–Trinajstić information content (AvgIpc) is 2.59. The zero-order valence-corrected chi connectivity index (χ0v) is 7.07. The minimum Gasteiger partial charge on any atom is -0.495 e. The third-order valence-electron chi connectivity index (χ3n) is 1.88. The maximum absolute atomic E-state index is 10.5. The molecule has 0 spiro atoms. The van der Waals surface area contributed by atoms with E-state index >= 15 is 0 Å². The first-order chi connectivity index (χ1) is 6.35. The number of pyridine rings is 1. The second-order valence-corrected chi connectivity index (χ2v) is 2.63. The summed E-state index contributed by atoms with van der Waals surface area (Å²) in [6, 6.07) is 1.80. The number of aromatic amines is 1. The molecule has 0 radical (unpaired) electrons. The highest BCUT2D eigenvalue weighted by Gasteiger charge is 2.04. The zero-order chi connectivity index (χ0) is 9.26. The van der Waals surface area contributed by atoms with E-state index in [1.165, 1.54) is 0 Å². The van der Waals surface area contributed by atoms with Crippen molar-refractivity contribution >= 4 is 17.3 Å². The third-order valence-corrected chi connectivity index (χ3v) is 1.88. The van der Waals surface area contributed by atoms with E-state index < -0.39 is 0 Å². The molecule has 0 fully saturated rings. The molecular weight excluding hydrogens is 168 g/mol. The maximum atomic E-state index is 10.5. The van der Waals surface area contributed by atoms with Crippen LogP contribution in [-0.2, 0) is 0 Å². The third kappa shape index (κ3) is 1.16. The molecule has 2 heterocycles. The Labute approximate surface area is 74.5 Å². The number of aromatic nitrogens is 2. The normalized spacial score (nSPS) is 10.2. The van der Waals surface area contributed by atoms with Crippen LogP contribution in [0.3, 0.4) is 0 Å². The molecule has 0 saturated heterocycles. The number of rotatable bonds is 2. The number of nitrogens with one attached hydrogen (secondary N) is 1. The van der Waals surface area contributed by atoms with Crippen molar-refractivity contribution in [2.24, 2.45) is 0 Å². The predicted octanol–water partition coefficient (Wildman–Crippen LogP) is 1.38. The van der Waals surface area contributed by atoms with Gasteiger partial charge in [0.15, 0.2) is 6.29 Å². The quantitative estimate of drug-likeness (QED) is 0.703. The average molecular weight is 176 g/mol. The summed E-state index contributed by atoms with van der Waals surface area (Å²) in [5.74, 6) is 0.673. The topological polar surface area (TPSA) is 55.0 Å². The SMILES string of the molecule is COc1cnc2c(C=O)c[nH]c2c1. The summed E-state index contributed by atoms with van der Waals surface area (Å²) in [5.41, 5.74) is 2.05. The first kappa shape index (κ1) is 7.79. The molecule has 2 aromatic heterocycles. The Morgan fingerprint density at radius 3 is 3.15 bits per heavy atom. The van der Waals surface area contributed by atoms with Gasteiger partial charge < -0.3 is 9.72 Å². The number of fused-ring (bicyclic) bond motifs is 1. The number of carbonyl (C=O) groups excluding carboxylic acids is 1. The van der Waals surface area contributed by atoms with Crippen LogP contribution in [0.1, 0.15) is 10.4 Å². The van der Waals surface area contributed by atoms with E-state index in [9.17, 15) is 4.79 Å². The zero-order valence-electron chi connectivity index (χ0n) is 7.07. The Hall–Kier alpha value is -1.84. The van der Waals surface area contributed by atoms with Crippen molar-refractivity contribution in [1.82, 2.24) is 9.97 Å². The van der Waals surface area contributed by atoms with E-state index in [0.29, 0.717) is 16.8 Å². The molecule has 0 aromatic carbocycles. The van der Waals surface area contributed by atoms with Crippen LogP contribution in [0.25, 0.3) is 11.0 Å². The first-order valence-electron chi connectivity index (χ1n) is 3.81. The number of H-pyrrole nitrogens is 1. The molecule has 0 bridgehead atoms. The molecule has 4 heteroatoms. The van der Waals surface area contributed by atoms with Crippen molar-refractivity contribution < 1.29 is 9.53 Å². The smallest absolute Gasteiger partial charge is 0.153 e. The van der Waals surface area contributed by atoms with Crippen LogP contribution in [-0.4, -0.2) is 23.4 Å². The van der Waals surface area contributed by atoms with Crippen molar-refractivity contribution in [2.75, 3.05) is 7.11 Å². The van der Waals surface area contributed by atoms with Crippen molar-refractivity contribution in [3.05, 3.63) is 24.0 Å². The molecule has 0 unspecified atom stereocenters. The summed E-state index contributed by atoms with van der Waals surface area (Å²) < 4.78 is 4.99. The Morgan fingerprint density at radius 2 is 2.46 bits per heavy atom. The standard InChI is InChI=1S/C9H8N2O2/c1-13-7-2-8-9(11-4-7)6(5-12)3-10-8/h2-5,10H,1H3. The van der Waals surface area contributed by atoms with Gasteiger partial charge in [-0.2, -0.15) is 0 Å². The summed E-state index contributed by atoms with van der Waals surface area (Å²) in [7, 11) is 1.58. The van der Waals surface area contributed by atoms with E-state index in [4.69, 9.17) is 4.74 Å². The van der Waals surface area contributed by atoms with Gasteiger partial charge in [-0.15, -0.1) is 0 Å². The fourth-order valence-electron chi connectivity index (χ4n) is 1.21. The molecule has 1 N–H and O–H groups in total. The molecule has 2 aromatic rings. The van der Waals surface area contributed by atoms with Crippen LogP contribution in [0.4, 0.5) is 0 Å². The lowest BCUT2D eigenvalue weighted by molar-refractivity contribution is 0.112. The lowest BCUT2D eigenvalue weighted by atomic mass is 10.3. The van der Waals surface area contributed by atoms with E-state index in [-0.39, 0.29) is 0 Å². The molecule has 0 atom stereocenters. The van der Waals surface area contributed by atoms with E-state index in [2.05, 4.69) is 9.97 Å². The van der Waals surface area contributed by atoms with Crippen LogP contribution >= 0.6 is 0 Å². The van der Waals surface area contributed by atoms with Gasteiger partial charge in [-0.25, -0.2) is 0 Å². The van der Waals surface area contributed by atoms with Crippen LogP contribution in [0.2, 0.25) is 0 Å². The van der Waals surface area contributed by atoms with Gasteiger partial charge in [-0.3, -0.25) is 9.78 Å². The van der Waals surface area contributed by atoms with Crippen molar-refractivity contribution in [3.8, 4) is 5.75 Å². The molecule has 0 aliphatic rings. The fraction of sp³-hybridized carbons (Fsp3) is 0.111. The highest BCUT2D eigenvalue weighted by atomic mass is 16.5. The van der Waals surface area contributed by atoms with Gasteiger partial charge in [0.05, 0.1) is 29.9 Å². The van der Waals surface area contributed by atoms with E-state index in [1.54, 1.807) is 25.6 Å². The minimum atomic E-state index is 0.567. The molecule has 0 aliphatic heterocycles. The number of ether oxygens (including phenoxy) is 1. The van der Waals surface area contributed by atoms with Gasteiger partial charge in [0, 0.05) is 12.3 Å². The molecule has 0 saturated carbocycles. The minimum absolute atomic E-state index is 0.567. The number of methoxy groups -OCH3 is 1.